The van der Waals surface area contributed by atoms with Crippen LogP contribution in [-0.4, -0.2) is 19.2 Å². The van der Waals surface area contributed by atoms with E-state index in [1.54, 1.807) is 6.07 Å². The van der Waals surface area contributed by atoms with E-state index in [1.165, 1.54) is 7.11 Å². The molecule has 0 heterocycles. The van der Waals surface area contributed by atoms with Gasteiger partial charge in [-0.3, -0.25) is 0 Å². The molecule has 0 bridgehead atoms. The summed E-state index contributed by atoms with van der Waals surface area (Å²) >= 11 is 0. The molecule has 0 radical (unpaired) electrons. The molecule has 3 heteroatoms. The number of nitrogens with one attached hydrogen (secondary N) is 1. The summed E-state index contributed by atoms with van der Waals surface area (Å²) in [5.41, 5.74) is 0.831. The monoisotopic (exact) mass is 253 g/mol. The number of benzene rings is 1. The average molecular weight is 253 g/mol. The zero-order chi connectivity index (χ0) is 13.8. The number of ether oxygens (including phenoxy) is 1. The van der Waals surface area contributed by atoms with Gasteiger partial charge in [0.1, 0.15) is 0 Å². The van der Waals surface area contributed by atoms with Gasteiger partial charge in [-0.15, -0.1) is 0 Å². The van der Waals surface area contributed by atoms with Crippen molar-refractivity contribution in [3.63, 3.8) is 0 Å². The summed E-state index contributed by atoms with van der Waals surface area (Å²) in [4.78, 5) is 0. The van der Waals surface area contributed by atoms with Crippen molar-refractivity contribution in [2.75, 3.05) is 13.7 Å². The predicted octanol–water partition coefficient (Wildman–Crippen LogP) is 3.72. The van der Waals surface area contributed by atoms with Gasteiger partial charge in [-0.1, -0.05) is 19.1 Å². The van der Waals surface area contributed by atoms with Gasteiger partial charge in [0, 0.05) is 5.54 Å². The fourth-order valence-corrected chi connectivity index (χ4v) is 1.89. The van der Waals surface area contributed by atoms with E-state index in [2.05, 4.69) is 26.1 Å². The molecule has 1 unspecified atom stereocenters. The fourth-order valence-electron chi connectivity index (χ4n) is 1.89. The standard InChI is InChI=1S/C15H24FNO/c1-11(9-10-17-15(2,3)4)12-7-6-8-13(18-5)14(12)16/h6-8,11,17H,9-10H2,1-5H3. The van der Waals surface area contributed by atoms with E-state index < -0.39 is 0 Å². The quantitative estimate of drug-likeness (QED) is 0.863. The van der Waals surface area contributed by atoms with Crippen LogP contribution in [0.1, 0.15) is 45.6 Å². The Bertz CT molecular complexity index is 385. The minimum absolute atomic E-state index is 0.104. The molecule has 1 aromatic carbocycles. The number of rotatable bonds is 5. The van der Waals surface area contributed by atoms with Gasteiger partial charge in [0.05, 0.1) is 7.11 Å². The van der Waals surface area contributed by atoms with E-state index in [4.69, 9.17) is 4.74 Å². The molecule has 0 saturated carbocycles. The third-order valence-electron chi connectivity index (χ3n) is 2.98. The Balaban J connectivity index is 2.64. The van der Waals surface area contributed by atoms with Gasteiger partial charge in [-0.05, 0) is 51.3 Å². The maximum atomic E-state index is 14.0. The zero-order valence-corrected chi connectivity index (χ0v) is 12.0. The fraction of sp³-hybridized carbons (Fsp3) is 0.600. The Kier molecular flexibility index (Phi) is 5.15. The summed E-state index contributed by atoms with van der Waals surface area (Å²) in [6.45, 7) is 9.31. The largest absolute Gasteiger partial charge is 0.494 e. The van der Waals surface area contributed by atoms with Crippen LogP contribution in [-0.2, 0) is 0 Å². The molecule has 1 atom stereocenters. The molecule has 0 fully saturated rings. The van der Waals surface area contributed by atoms with Crippen LogP contribution in [0.4, 0.5) is 4.39 Å². The van der Waals surface area contributed by atoms with Crippen LogP contribution in [0.3, 0.4) is 0 Å². The van der Waals surface area contributed by atoms with Gasteiger partial charge >= 0.3 is 0 Å². The Morgan fingerprint density at radius 2 is 2.00 bits per heavy atom. The van der Waals surface area contributed by atoms with Crippen molar-refractivity contribution in [2.24, 2.45) is 0 Å². The Labute approximate surface area is 110 Å². The molecule has 102 valence electrons. The van der Waals surface area contributed by atoms with Crippen molar-refractivity contribution in [3.8, 4) is 5.75 Å². The van der Waals surface area contributed by atoms with Gasteiger partial charge in [0.25, 0.3) is 0 Å². The summed E-state index contributed by atoms with van der Waals surface area (Å²) < 4.78 is 19.0. The number of halogens is 1. The first-order valence-corrected chi connectivity index (χ1v) is 6.42. The summed E-state index contributed by atoms with van der Waals surface area (Å²) in [6, 6.07) is 5.32. The smallest absolute Gasteiger partial charge is 0.168 e. The molecule has 1 N–H and O–H groups in total. The van der Waals surface area contributed by atoms with Crippen LogP contribution in [0.15, 0.2) is 18.2 Å². The minimum atomic E-state index is -0.233. The number of hydrogen-bond donors (Lipinski definition) is 1. The van der Waals surface area contributed by atoms with Crippen molar-refractivity contribution in [2.45, 2.75) is 45.6 Å². The van der Waals surface area contributed by atoms with Crippen LogP contribution in [0.5, 0.6) is 5.75 Å². The molecule has 0 spiro atoms. The molecule has 18 heavy (non-hydrogen) atoms. The normalized spacial score (nSPS) is 13.4. The van der Waals surface area contributed by atoms with Crippen molar-refractivity contribution < 1.29 is 9.13 Å². The van der Waals surface area contributed by atoms with Gasteiger partial charge in [-0.25, -0.2) is 4.39 Å². The van der Waals surface area contributed by atoms with Crippen LogP contribution in [0.2, 0.25) is 0 Å². The highest BCUT2D eigenvalue weighted by Gasteiger charge is 2.15. The molecule has 0 amide bonds. The number of hydrogen-bond acceptors (Lipinski definition) is 2. The second-order valence-electron chi connectivity index (χ2n) is 5.73. The minimum Gasteiger partial charge on any atom is -0.494 e. The van der Waals surface area contributed by atoms with Crippen LogP contribution in [0.25, 0.3) is 0 Å². The van der Waals surface area contributed by atoms with Crippen molar-refractivity contribution >= 4 is 0 Å². The summed E-state index contributed by atoms with van der Waals surface area (Å²) in [6.07, 6.45) is 0.904. The Hall–Kier alpha value is -1.09. The molecule has 0 saturated heterocycles. The maximum absolute atomic E-state index is 14.0. The third kappa shape index (κ3) is 4.30. The maximum Gasteiger partial charge on any atom is 0.168 e. The first kappa shape index (κ1) is 15.0. The highest BCUT2D eigenvalue weighted by molar-refractivity contribution is 5.33. The lowest BCUT2D eigenvalue weighted by atomic mass is 9.96. The van der Waals surface area contributed by atoms with E-state index >= 15 is 0 Å². The zero-order valence-electron chi connectivity index (χ0n) is 12.0. The van der Waals surface area contributed by atoms with Crippen LogP contribution in [0, 0.1) is 5.82 Å². The molecule has 0 aliphatic carbocycles. The molecule has 1 aromatic rings. The van der Waals surface area contributed by atoms with Crippen LogP contribution >= 0.6 is 0 Å². The summed E-state index contributed by atoms with van der Waals surface area (Å²) in [5.74, 6) is 0.265. The summed E-state index contributed by atoms with van der Waals surface area (Å²) in [5, 5.41) is 3.42. The molecule has 0 aromatic heterocycles. The van der Waals surface area contributed by atoms with E-state index in [0.29, 0.717) is 5.75 Å². The highest BCUT2D eigenvalue weighted by atomic mass is 19.1. The second kappa shape index (κ2) is 6.19. The van der Waals surface area contributed by atoms with Gasteiger partial charge in [0.2, 0.25) is 0 Å². The second-order valence-corrected chi connectivity index (χ2v) is 5.73. The molecule has 0 aliphatic rings. The molecular formula is C15H24FNO. The van der Waals surface area contributed by atoms with E-state index in [1.807, 2.05) is 19.1 Å². The lowest BCUT2D eigenvalue weighted by molar-refractivity contribution is 0.379. The Morgan fingerprint density at radius 3 is 2.56 bits per heavy atom. The molecular weight excluding hydrogens is 229 g/mol. The summed E-state index contributed by atoms with van der Waals surface area (Å²) in [7, 11) is 1.49. The average Bonchev–Trinajstić information content (AvgIpc) is 2.27. The highest BCUT2D eigenvalue weighted by Crippen LogP contribution is 2.27. The van der Waals surface area contributed by atoms with Gasteiger partial charge < -0.3 is 10.1 Å². The lowest BCUT2D eigenvalue weighted by Gasteiger charge is -2.22. The van der Waals surface area contributed by atoms with Gasteiger partial charge in [-0.2, -0.15) is 0 Å². The van der Waals surface area contributed by atoms with Crippen molar-refractivity contribution in [3.05, 3.63) is 29.6 Å². The predicted molar refractivity (Wildman–Crippen MR) is 73.7 cm³/mol. The Morgan fingerprint density at radius 1 is 1.33 bits per heavy atom. The topological polar surface area (TPSA) is 21.3 Å². The van der Waals surface area contributed by atoms with Crippen molar-refractivity contribution in [1.29, 1.82) is 0 Å². The molecule has 0 aliphatic heterocycles. The first-order chi connectivity index (χ1) is 8.35. The van der Waals surface area contributed by atoms with Crippen molar-refractivity contribution in [1.82, 2.24) is 5.32 Å². The van der Waals surface area contributed by atoms with Gasteiger partial charge in [0.15, 0.2) is 11.6 Å². The van der Waals surface area contributed by atoms with Crippen LogP contribution < -0.4 is 10.1 Å². The molecule has 2 nitrogen and oxygen atoms in total. The van der Waals surface area contributed by atoms with E-state index in [-0.39, 0.29) is 17.3 Å². The number of methoxy groups -OCH3 is 1. The lowest BCUT2D eigenvalue weighted by Crippen LogP contribution is -2.36. The van der Waals surface area contributed by atoms with E-state index in [9.17, 15) is 4.39 Å². The molecule has 1 rings (SSSR count). The van der Waals surface area contributed by atoms with E-state index in [0.717, 1.165) is 18.5 Å². The first-order valence-electron chi connectivity index (χ1n) is 6.42. The SMILES string of the molecule is COc1cccc(C(C)CCNC(C)(C)C)c1F. The third-order valence-corrected chi connectivity index (χ3v) is 2.98.